The van der Waals surface area contributed by atoms with Crippen molar-refractivity contribution in [1.29, 1.82) is 0 Å². The molecular weight excluding hydrogens is 284 g/mol. The van der Waals surface area contributed by atoms with Gasteiger partial charge < -0.3 is 20.1 Å². The minimum absolute atomic E-state index is 0.0793. The van der Waals surface area contributed by atoms with Gasteiger partial charge in [0.15, 0.2) is 0 Å². The van der Waals surface area contributed by atoms with E-state index in [1.165, 1.54) is 0 Å². The second-order valence-electron chi connectivity index (χ2n) is 4.43. The van der Waals surface area contributed by atoms with Crippen molar-refractivity contribution in [1.82, 2.24) is 10.2 Å². The molecule has 1 saturated heterocycles. The largest absolute Gasteiger partial charge is 0.481 e. The zero-order valence-electron chi connectivity index (χ0n) is 11.5. The molecule has 0 bridgehead atoms. The van der Waals surface area contributed by atoms with Crippen LogP contribution in [0.15, 0.2) is 0 Å². The molecule has 0 saturated carbocycles. The van der Waals surface area contributed by atoms with Gasteiger partial charge in [0.25, 0.3) is 0 Å². The molecule has 0 radical (unpaired) electrons. The Labute approximate surface area is 122 Å². The summed E-state index contributed by atoms with van der Waals surface area (Å²) in [7, 11) is 0. The Morgan fingerprint density at radius 1 is 1.40 bits per heavy atom. The first-order valence-electron chi connectivity index (χ1n) is 6.53. The number of carboxylic acids is 1. The molecular formula is C12H20N2O5S. The van der Waals surface area contributed by atoms with E-state index in [1.54, 1.807) is 11.8 Å². The highest BCUT2D eigenvalue weighted by Crippen LogP contribution is 2.12. The van der Waals surface area contributed by atoms with E-state index in [-0.39, 0.29) is 23.5 Å². The Morgan fingerprint density at radius 2 is 2.15 bits per heavy atom. The molecule has 0 aromatic rings. The number of hydrogen-bond acceptors (Lipinski definition) is 5. The van der Waals surface area contributed by atoms with Gasteiger partial charge in [0.05, 0.1) is 18.1 Å². The standard InChI is InChI=1S/C12H20N2O5S/c1-2-19-12(18)13-9-4-3-5-14(6-9)10(15)7-20-8-11(16)17/h9H,2-8H2,1H3,(H,13,18)(H,16,17). The van der Waals surface area contributed by atoms with Gasteiger partial charge in [-0.25, -0.2) is 4.79 Å². The van der Waals surface area contributed by atoms with Gasteiger partial charge in [-0.15, -0.1) is 11.8 Å². The maximum Gasteiger partial charge on any atom is 0.407 e. The molecule has 0 aromatic carbocycles. The van der Waals surface area contributed by atoms with E-state index in [0.29, 0.717) is 19.7 Å². The van der Waals surface area contributed by atoms with Gasteiger partial charge in [-0.3, -0.25) is 9.59 Å². The number of amides is 2. The van der Waals surface area contributed by atoms with E-state index in [0.717, 1.165) is 24.6 Å². The smallest absolute Gasteiger partial charge is 0.407 e. The lowest BCUT2D eigenvalue weighted by Gasteiger charge is -2.32. The summed E-state index contributed by atoms with van der Waals surface area (Å²) in [6.45, 7) is 3.14. The van der Waals surface area contributed by atoms with Gasteiger partial charge in [-0.1, -0.05) is 0 Å². The number of nitrogens with zero attached hydrogens (tertiary/aromatic N) is 1. The average Bonchev–Trinajstić information content (AvgIpc) is 2.38. The lowest BCUT2D eigenvalue weighted by Crippen LogP contribution is -2.50. The number of rotatable bonds is 6. The van der Waals surface area contributed by atoms with Crippen molar-refractivity contribution in [3.05, 3.63) is 0 Å². The maximum absolute atomic E-state index is 11.9. The number of carbonyl (C=O) groups excluding carboxylic acids is 2. The van der Waals surface area contributed by atoms with Crippen LogP contribution in [-0.2, 0) is 14.3 Å². The molecule has 8 heteroatoms. The third kappa shape index (κ3) is 6.14. The van der Waals surface area contributed by atoms with E-state index < -0.39 is 12.1 Å². The monoisotopic (exact) mass is 304 g/mol. The molecule has 0 spiro atoms. The molecule has 1 fully saturated rings. The average molecular weight is 304 g/mol. The second-order valence-corrected chi connectivity index (χ2v) is 5.42. The quantitative estimate of drug-likeness (QED) is 0.743. The van der Waals surface area contributed by atoms with E-state index >= 15 is 0 Å². The summed E-state index contributed by atoms with van der Waals surface area (Å²) in [4.78, 5) is 35.3. The number of alkyl carbamates (subject to hydrolysis) is 1. The van der Waals surface area contributed by atoms with E-state index in [2.05, 4.69) is 5.32 Å². The summed E-state index contributed by atoms with van der Waals surface area (Å²) in [6.07, 6.45) is 1.16. The van der Waals surface area contributed by atoms with Gasteiger partial charge in [-0.2, -0.15) is 0 Å². The van der Waals surface area contributed by atoms with Crippen LogP contribution in [0, 0.1) is 0 Å². The van der Waals surface area contributed by atoms with Gasteiger partial charge in [0, 0.05) is 19.1 Å². The first-order chi connectivity index (χ1) is 9.52. The van der Waals surface area contributed by atoms with Gasteiger partial charge in [-0.05, 0) is 19.8 Å². The highest BCUT2D eigenvalue weighted by atomic mass is 32.2. The maximum atomic E-state index is 11.9. The lowest BCUT2D eigenvalue weighted by molar-refractivity contribution is -0.133. The van der Waals surface area contributed by atoms with Crippen LogP contribution in [0.4, 0.5) is 4.79 Å². The molecule has 0 aromatic heterocycles. The van der Waals surface area contributed by atoms with Crippen molar-refractivity contribution in [3.63, 3.8) is 0 Å². The van der Waals surface area contributed by atoms with Crippen molar-refractivity contribution in [3.8, 4) is 0 Å². The summed E-state index contributed by atoms with van der Waals surface area (Å²) in [5.74, 6) is -0.947. The number of piperidine rings is 1. The van der Waals surface area contributed by atoms with Crippen molar-refractivity contribution < 1.29 is 24.2 Å². The second kappa shape index (κ2) is 8.68. The summed E-state index contributed by atoms with van der Waals surface area (Å²) < 4.78 is 4.81. The molecule has 1 aliphatic rings. The Kier molecular flexibility index (Phi) is 7.21. The fourth-order valence-electron chi connectivity index (χ4n) is 1.98. The molecule has 0 aliphatic carbocycles. The predicted octanol–water partition coefficient (Wildman–Crippen LogP) is 0.541. The van der Waals surface area contributed by atoms with E-state index in [4.69, 9.17) is 9.84 Å². The number of carboxylic acid groups (broad SMARTS) is 1. The molecule has 2 amide bonds. The molecule has 1 rings (SSSR count). The van der Waals surface area contributed by atoms with Gasteiger partial charge in [0.1, 0.15) is 0 Å². The number of nitrogens with one attached hydrogen (secondary N) is 1. The molecule has 1 heterocycles. The van der Waals surface area contributed by atoms with Gasteiger partial charge in [0.2, 0.25) is 5.91 Å². The Bertz CT molecular complexity index is 364. The van der Waals surface area contributed by atoms with Crippen molar-refractivity contribution in [2.24, 2.45) is 0 Å². The van der Waals surface area contributed by atoms with Crippen molar-refractivity contribution >= 4 is 29.7 Å². The molecule has 20 heavy (non-hydrogen) atoms. The van der Waals surface area contributed by atoms with Crippen LogP contribution in [-0.4, -0.2) is 65.2 Å². The third-order valence-corrected chi connectivity index (χ3v) is 3.72. The highest BCUT2D eigenvalue weighted by molar-refractivity contribution is 8.00. The number of thioether (sulfide) groups is 1. The SMILES string of the molecule is CCOC(=O)NC1CCCN(C(=O)CSCC(=O)O)C1. The zero-order valence-corrected chi connectivity index (χ0v) is 12.3. The Morgan fingerprint density at radius 3 is 2.80 bits per heavy atom. The molecule has 114 valence electrons. The topological polar surface area (TPSA) is 95.9 Å². The minimum atomic E-state index is -0.928. The van der Waals surface area contributed by atoms with Crippen LogP contribution in [0.25, 0.3) is 0 Å². The van der Waals surface area contributed by atoms with Crippen LogP contribution in [0.1, 0.15) is 19.8 Å². The first-order valence-corrected chi connectivity index (χ1v) is 7.69. The summed E-state index contributed by atoms with van der Waals surface area (Å²) >= 11 is 1.08. The summed E-state index contributed by atoms with van der Waals surface area (Å²) in [6, 6.07) is -0.101. The van der Waals surface area contributed by atoms with Crippen LogP contribution in [0.2, 0.25) is 0 Å². The summed E-state index contributed by atoms with van der Waals surface area (Å²) in [5.41, 5.74) is 0. The van der Waals surface area contributed by atoms with Crippen LogP contribution in [0.5, 0.6) is 0 Å². The fraction of sp³-hybridized carbons (Fsp3) is 0.750. The number of aliphatic carboxylic acids is 1. The summed E-state index contributed by atoms with van der Waals surface area (Å²) in [5, 5.41) is 11.2. The van der Waals surface area contributed by atoms with E-state index in [1.807, 2.05) is 0 Å². The van der Waals surface area contributed by atoms with E-state index in [9.17, 15) is 14.4 Å². The Hall–Kier alpha value is -1.44. The van der Waals surface area contributed by atoms with Crippen molar-refractivity contribution in [2.45, 2.75) is 25.8 Å². The fourth-order valence-corrected chi connectivity index (χ4v) is 2.61. The molecule has 1 aliphatic heterocycles. The molecule has 2 N–H and O–H groups in total. The highest BCUT2D eigenvalue weighted by Gasteiger charge is 2.24. The predicted molar refractivity (Wildman–Crippen MR) is 74.7 cm³/mol. The molecule has 1 unspecified atom stereocenters. The minimum Gasteiger partial charge on any atom is -0.481 e. The first kappa shape index (κ1) is 16.6. The lowest BCUT2D eigenvalue weighted by atomic mass is 10.1. The third-order valence-electron chi connectivity index (χ3n) is 2.82. The number of carbonyl (C=O) groups is 3. The number of hydrogen-bond donors (Lipinski definition) is 2. The zero-order chi connectivity index (χ0) is 15.0. The Balaban J connectivity index is 2.34. The van der Waals surface area contributed by atoms with Crippen LogP contribution < -0.4 is 5.32 Å². The van der Waals surface area contributed by atoms with Crippen molar-refractivity contribution in [2.75, 3.05) is 31.2 Å². The number of likely N-dealkylation sites (tertiary alicyclic amines) is 1. The molecule has 1 atom stereocenters. The normalized spacial score (nSPS) is 18.4. The van der Waals surface area contributed by atoms with Crippen LogP contribution >= 0.6 is 11.8 Å². The molecule has 7 nitrogen and oxygen atoms in total. The number of ether oxygens (including phenoxy) is 1. The van der Waals surface area contributed by atoms with Crippen LogP contribution in [0.3, 0.4) is 0 Å². The van der Waals surface area contributed by atoms with Gasteiger partial charge >= 0.3 is 12.1 Å².